The molecule has 0 aromatic heterocycles. The van der Waals surface area contributed by atoms with Gasteiger partial charge in [0.15, 0.2) is 11.9 Å². The lowest BCUT2D eigenvalue weighted by Gasteiger charge is -2.30. The lowest BCUT2D eigenvalue weighted by Crippen LogP contribution is -2.37. The van der Waals surface area contributed by atoms with Crippen molar-refractivity contribution >= 4 is 23.6 Å². The molecular weight excluding hydrogens is 544 g/mol. The van der Waals surface area contributed by atoms with E-state index < -0.39 is 53.9 Å². The molecule has 0 saturated heterocycles. The second-order valence-corrected chi connectivity index (χ2v) is 10.4. The number of aliphatic hydroxyl groups excluding tert-OH is 1. The van der Waals surface area contributed by atoms with Crippen molar-refractivity contribution in [2.75, 3.05) is 21.3 Å². The molecular formula is C31H48N2O9. The van der Waals surface area contributed by atoms with Gasteiger partial charge in [-0.15, -0.1) is 0 Å². The molecule has 0 saturated carbocycles. The molecule has 1 aliphatic heterocycles. The van der Waals surface area contributed by atoms with Gasteiger partial charge in [-0.3, -0.25) is 14.4 Å². The van der Waals surface area contributed by atoms with Crippen LogP contribution in [0.5, 0.6) is 0 Å². The number of hydrogen-bond donors (Lipinski definition) is 3. The fraction of sp³-hybridized carbons (Fsp3) is 0.613. The van der Waals surface area contributed by atoms with E-state index in [0.29, 0.717) is 30.4 Å². The molecule has 236 valence electrons. The topological polar surface area (TPSA) is 163 Å². The number of nitrogens with one attached hydrogen (secondary N) is 1. The van der Waals surface area contributed by atoms with Crippen LogP contribution >= 0.6 is 0 Å². The molecule has 11 heteroatoms. The Morgan fingerprint density at radius 3 is 2.21 bits per heavy atom. The van der Waals surface area contributed by atoms with E-state index in [-0.39, 0.29) is 29.4 Å². The first-order valence-corrected chi connectivity index (χ1v) is 14.3. The number of Topliss-reactive ketones (excluding diaryl/α,β-unsaturated/α-hetero) is 1. The number of fused-ring (bicyclic) bond motifs is 2. The van der Waals surface area contributed by atoms with Gasteiger partial charge in [0.25, 0.3) is 5.91 Å². The average molecular weight is 593 g/mol. The third-order valence-electron chi connectivity index (χ3n) is 7.27. The van der Waals surface area contributed by atoms with Gasteiger partial charge in [0.2, 0.25) is 11.6 Å². The van der Waals surface area contributed by atoms with E-state index in [0.717, 1.165) is 6.08 Å². The van der Waals surface area contributed by atoms with Gasteiger partial charge in [-0.25, -0.2) is 4.79 Å². The molecule has 42 heavy (non-hydrogen) atoms. The van der Waals surface area contributed by atoms with E-state index in [1.165, 1.54) is 21.3 Å². The maximum Gasteiger partial charge on any atom is 0.405 e. The van der Waals surface area contributed by atoms with Gasteiger partial charge in [-0.05, 0) is 51.0 Å². The second-order valence-electron chi connectivity index (χ2n) is 10.4. The Hall–Kier alpha value is -3.28. The van der Waals surface area contributed by atoms with Crippen molar-refractivity contribution in [2.24, 2.45) is 17.6 Å². The summed E-state index contributed by atoms with van der Waals surface area (Å²) in [5, 5.41) is 13.7. The third-order valence-corrected chi connectivity index (χ3v) is 7.27. The van der Waals surface area contributed by atoms with Gasteiger partial charge in [0.05, 0.1) is 31.1 Å². The van der Waals surface area contributed by atoms with Crippen LogP contribution in [0.15, 0.2) is 46.4 Å². The summed E-state index contributed by atoms with van der Waals surface area (Å²) in [6.07, 6.45) is 1.82. The van der Waals surface area contributed by atoms with Crippen molar-refractivity contribution in [3.05, 3.63) is 46.4 Å². The molecule has 1 aliphatic carbocycles. The lowest BCUT2D eigenvalue weighted by molar-refractivity contribution is -0.120. The number of carbonyl (C=O) groups excluding carboxylic acids is 4. The van der Waals surface area contributed by atoms with Crippen molar-refractivity contribution in [2.45, 2.75) is 91.6 Å². The van der Waals surface area contributed by atoms with Crippen molar-refractivity contribution in [1.29, 1.82) is 0 Å². The number of rotatable bonds is 4. The summed E-state index contributed by atoms with van der Waals surface area (Å²) in [5.74, 6) is -2.26. The van der Waals surface area contributed by atoms with E-state index in [9.17, 15) is 24.3 Å². The number of ketones is 2. The summed E-state index contributed by atoms with van der Waals surface area (Å²) in [6.45, 7) is 11.0. The van der Waals surface area contributed by atoms with Crippen LogP contribution < -0.4 is 11.1 Å². The van der Waals surface area contributed by atoms with Crippen LogP contribution in [0.2, 0.25) is 0 Å². The number of nitrogens with two attached hydrogens (primary N) is 1. The largest absolute Gasteiger partial charge is 0.492 e. The zero-order valence-electron chi connectivity index (χ0n) is 26.3. The predicted octanol–water partition coefficient (Wildman–Crippen LogP) is 3.66. The Balaban J connectivity index is 0.00000431. The molecule has 0 aromatic carbocycles. The molecule has 4 N–H and O–H groups in total. The molecule has 11 nitrogen and oxygen atoms in total. The molecule has 0 radical (unpaired) electrons. The summed E-state index contributed by atoms with van der Waals surface area (Å²) < 4.78 is 21.9. The monoisotopic (exact) mass is 592 g/mol. The van der Waals surface area contributed by atoms with Crippen LogP contribution in [-0.2, 0) is 33.3 Å². The average Bonchev–Trinajstić information content (AvgIpc) is 2.95. The fourth-order valence-electron chi connectivity index (χ4n) is 5.09. The fourth-order valence-corrected chi connectivity index (χ4v) is 5.09. The number of primary amides is 1. The Bertz CT molecular complexity index is 1110. The normalized spacial score (nSPS) is 30.9. The molecule has 0 fully saturated rings. The first-order valence-electron chi connectivity index (χ1n) is 14.3. The molecule has 6 atom stereocenters. The van der Waals surface area contributed by atoms with E-state index in [2.05, 4.69) is 5.32 Å². The van der Waals surface area contributed by atoms with Crippen LogP contribution in [0.4, 0.5) is 4.79 Å². The minimum Gasteiger partial charge on any atom is -0.492 e. The number of ether oxygens (including phenoxy) is 4. The van der Waals surface area contributed by atoms with Gasteiger partial charge in [-0.2, -0.15) is 0 Å². The van der Waals surface area contributed by atoms with E-state index >= 15 is 0 Å². The first-order chi connectivity index (χ1) is 19.8. The molecule has 0 aromatic rings. The van der Waals surface area contributed by atoms with Crippen LogP contribution in [-0.4, -0.2) is 74.4 Å². The third kappa shape index (κ3) is 9.92. The first kappa shape index (κ1) is 36.7. The molecule has 2 rings (SSSR count). The van der Waals surface area contributed by atoms with Crippen molar-refractivity contribution in [1.82, 2.24) is 5.32 Å². The molecule has 0 spiro atoms. The smallest absolute Gasteiger partial charge is 0.405 e. The van der Waals surface area contributed by atoms with Crippen molar-refractivity contribution in [3.8, 4) is 0 Å². The number of methoxy groups -OCH3 is 3. The van der Waals surface area contributed by atoms with Gasteiger partial charge in [-0.1, -0.05) is 39.8 Å². The highest BCUT2D eigenvalue weighted by Crippen LogP contribution is 2.29. The van der Waals surface area contributed by atoms with Gasteiger partial charge < -0.3 is 35.1 Å². The predicted molar refractivity (Wildman–Crippen MR) is 158 cm³/mol. The molecule has 2 aliphatic rings. The van der Waals surface area contributed by atoms with Crippen LogP contribution in [0.3, 0.4) is 0 Å². The maximum atomic E-state index is 13.3. The second kappa shape index (κ2) is 17.6. The number of amides is 2. The zero-order valence-corrected chi connectivity index (χ0v) is 26.3. The maximum absolute atomic E-state index is 13.3. The summed E-state index contributed by atoms with van der Waals surface area (Å²) in [5.41, 5.74) is 6.32. The lowest BCUT2D eigenvalue weighted by atomic mass is 9.85. The van der Waals surface area contributed by atoms with Crippen LogP contribution in [0, 0.1) is 11.8 Å². The van der Waals surface area contributed by atoms with Crippen molar-refractivity contribution in [3.63, 3.8) is 0 Å². The van der Waals surface area contributed by atoms with E-state index in [1.807, 2.05) is 27.7 Å². The van der Waals surface area contributed by atoms with Crippen LogP contribution in [0.25, 0.3) is 0 Å². The van der Waals surface area contributed by atoms with Gasteiger partial charge >= 0.3 is 6.09 Å². The highest BCUT2D eigenvalue weighted by molar-refractivity contribution is 6.23. The Kier molecular flexibility index (Phi) is 15.4. The van der Waals surface area contributed by atoms with E-state index in [1.54, 1.807) is 26.0 Å². The van der Waals surface area contributed by atoms with Gasteiger partial charge in [0.1, 0.15) is 0 Å². The summed E-state index contributed by atoms with van der Waals surface area (Å²) in [7, 11) is 4.28. The molecule has 2 bridgehead atoms. The summed E-state index contributed by atoms with van der Waals surface area (Å²) in [6, 6.07) is 0. The Morgan fingerprint density at radius 1 is 1.05 bits per heavy atom. The van der Waals surface area contributed by atoms with Crippen LogP contribution in [0.1, 0.15) is 67.2 Å². The molecule has 2 amide bonds. The van der Waals surface area contributed by atoms with Gasteiger partial charge in [0, 0.05) is 37.4 Å². The zero-order chi connectivity index (χ0) is 32.1. The van der Waals surface area contributed by atoms with E-state index in [4.69, 9.17) is 24.7 Å². The summed E-state index contributed by atoms with van der Waals surface area (Å²) >= 11 is 0. The summed E-state index contributed by atoms with van der Waals surface area (Å²) in [4.78, 5) is 50.7. The Morgan fingerprint density at radius 2 is 1.67 bits per heavy atom. The Labute approximate surface area is 249 Å². The minimum absolute atomic E-state index is 0.0689. The highest BCUT2D eigenvalue weighted by atomic mass is 16.6. The SMILES string of the molecule is CC.COC1=C2C[C@@H](C)CC(OC)[C@H](O)[C@@H](C)/C=C(\C)C(OC(N)=O)C(OC)CC/C=C(\C)C(=O)NC(=CC1=O)C2=O. The number of allylic oxidation sites excluding steroid dienone is 3. The highest BCUT2D eigenvalue weighted by Gasteiger charge is 2.34. The molecule has 1 heterocycles. The minimum atomic E-state index is -0.968. The number of hydrogen-bond acceptors (Lipinski definition) is 9. The van der Waals surface area contributed by atoms with Crippen molar-refractivity contribution < 1.29 is 43.2 Å². The molecule has 3 unspecified atom stereocenters. The number of aliphatic hydroxyl groups is 1. The quantitative estimate of drug-likeness (QED) is 0.326. The standard InChI is InChI=1S/C29H42N2O9.C2H6/c1-15-11-19-25(34)20(14-21(32)27(19)39-7)31-28(35)16(2)9-8-10-22(37-5)26(40-29(30)36)18(4)13-17(3)24(33)23(12-15)38-6;1-2/h9,13-15,17,22-24,26,33H,8,10-12H2,1-7H3,(H2,30,36)(H,31,35);1-2H3/b16-9+,18-13+;/t15-,17+,22?,23?,24-,26?;/m1./s1. The number of carbonyl (C=O) groups is 4.